The fourth-order valence-corrected chi connectivity index (χ4v) is 5.18. The van der Waals surface area contributed by atoms with E-state index in [1.807, 2.05) is 0 Å². The molecule has 8 nitrogen and oxygen atoms in total. The number of esters is 1. The lowest BCUT2D eigenvalue weighted by molar-refractivity contribution is -0.150. The van der Waals surface area contributed by atoms with Crippen LogP contribution in [0.1, 0.15) is 44.9 Å². The first-order chi connectivity index (χ1) is 16.8. The van der Waals surface area contributed by atoms with E-state index in [9.17, 15) is 18.0 Å². The molecule has 0 unspecified atom stereocenters. The molecular weight excluding hydrogens is 492 g/mol. The second-order valence-corrected chi connectivity index (χ2v) is 10.9. The fourth-order valence-electron chi connectivity index (χ4n) is 3.86. The molecule has 0 bridgehead atoms. The lowest BCUT2D eigenvalue weighted by Crippen LogP contribution is -2.38. The number of nitrogens with zero attached hydrogens (tertiary/aromatic N) is 1. The largest absolute Gasteiger partial charge is 0.482 e. The van der Waals surface area contributed by atoms with Gasteiger partial charge in [-0.2, -0.15) is 0 Å². The lowest BCUT2D eigenvalue weighted by atomic mass is 9.97. The Morgan fingerprint density at radius 3 is 2.17 bits per heavy atom. The van der Waals surface area contributed by atoms with Gasteiger partial charge in [0.1, 0.15) is 5.75 Å². The van der Waals surface area contributed by atoms with Crippen LogP contribution in [-0.4, -0.2) is 46.6 Å². The number of ether oxygens (including phenoxy) is 2. The normalized spacial score (nSPS) is 14.9. The Bertz CT molecular complexity index is 1080. The van der Waals surface area contributed by atoms with E-state index < -0.39 is 16.0 Å². The minimum Gasteiger partial charge on any atom is -0.482 e. The summed E-state index contributed by atoms with van der Waals surface area (Å²) in [6.45, 7) is -0.708. The Hall–Kier alpha value is -2.78. The summed E-state index contributed by atoms with van der Waals surface area (Å²) in [4.78, 5) is 24.2. The van der Waals surface area contributed by atoms with Gasteiger partial charge < -0.3 is 14.8 Å². The number of amides is 1. The number of benzene rings is 2. The van der Waals surface area contributed by atoms with Gasteiger partial charge in [0.05, 0.1) is 10.6 Å². The van der Waals surface area contributed by atoms with Crippen molar-refractivity contribution in [2.45, 2.75) is 55.9 Å². The van der Waals surface area contributed by atoms with Crippen molar-refractivity contribution in [2.75, 3.05) is 24.6 Å². The SMILES string of the molecule is CN(c1ccc(OCC(=O)OCC(=O)NC2CCCCCCC2)cc1)S(=O)(=O)c1ccc(Cl)cc1. The number of anilines is 1. The van der Waals surface area contributed by atoms with Gasteiger partial charge in [0.25, 0.3) is 15.9 Å². The van der Waals surface area contributed by atoms with Crippen molar-refractivity contribution in [3.8, 4) is 5.75 Å². The van der Waals surface area contributed by atoms with Crippen LogP contribution in [0.15, 0.2) is 53.4 Å². The Balaban J connectivity index is 1.44. The van der Waals surface area contributed by atoms with Crippen LogP contribution >= 0.6 is 11.6 Å². The first-order valence-electron chi connectivity index (χ1n) is 11.7. The second kappa shape index (κ2) is 12.8. The maximum absolute atomic E-state index is 12.8. The Kier molecular flexibility index (Phi) is 9.80. The lowest BCUT2D eigenvalue weighted by Gasteiger charge is -2.21. The second-order valence-electron chi connectivity index (χ2n) is 8.48. The molecule has 1 amide bonds. The zero-order valence-corrected chi connectivity index (χ0v) is 21.3. The number of hydrogen-bond donors (Lipinski definition) is 1. The summed E-state index contributed by atoms with van der Waals surface area (Å²) in [5, 5.41) is 3.39. The molecule has 3 rings (SSSR count). The average Bonchev–Trinajstić information content (AvgIpc) is 2.83. The van der Waals surface area contributed by atoms with Crippen molar-refractivity contribution in [3.63, 3.8) is 0 Å². The molecule has 1 saturated carbocycles. The summed E-state index contributed by atoms with van der Waals surface area (Å²) in [5.74, 6) is -0.607. The van der Waals surface area contributed by atoms with E-state index in [0.29, 0.717) is 16.5 Å². The van der Waals surface area contributed by atoms with Crippen molar-refractivity contribution in [1.29, 1.82) is 0 Å². The van der Waals surface area contributed by atoms with E-state index in [1.54, 1.807) is 24.3 Å². The molecule has 0 saturated heterocycles. The van der Waals surface area contributed by atoms with Crippen LogP contribution in [0.2, 0.25) is 5.02 Å². The summed E-state index contributed by atoms with van der Waals surface area (Å²) in [7, 11) is -2.31. The Morgan fingerprint density at radius 2 is 1.54 bits per heavy atom. The zero-order chi connectivity index (χ0) is 25.3. The van der Waals surface area contributed by atoms with Crippen LogP contribution in [0.3, 0.4) is 0 Å². The Labute approximate surface area is 211 Å². The molecule has 0 heterocycles. The molecule has 1 aliphatic rings. The van der Waals surface area contributed by atoms with Gasteiger partial charge in [-0.25, -0.2) is 13.2 Å². The van der Waals surface area contributed by atoms with Crippen molar-refractivity contribution in [2.24, 2.45) is 0 Å². The van der Waals surface area contributed by atoms with Gasteiger partial charge in [-0.05, 0) is 61.4 Å². The molecule has 0 radical (unpaired) electrons. The standard InChI is InChI=1S/C25H31ClN2O6S/c1-28(35(31,32)23-15-9-19(26)10-16-23)21-11-13-22(14-12-21)33-18-25(30)34-17-24(29)27-20-7-5-3-2-4-6-8-20/h9-16,20H,2-8,17-18H2,1H3,(H,27,29). The molecule has 190 valence electrons. The monoisotopic (exact) mass is 522 g/mol. The molecule has 2 aromatic rings. The summed E-state index contributed by atoms with van der Waals surface area (Å²) in [6.07, 6.45) is 7.73. The highest BCUT2D eigenvalue weighted by molar-refractivity contribution is 7.92. The van der Waals surface area contributed by atoms with Crippen molar-refractivity contribution in [1.82, 2.24) is 5.32 Å². The predicted molar refractivity (Wildman–Crippen MR) is 134 cm³/mol. The minimum atomic E-state index is -3.76. The summed E-state index contributed by atoms with van der Waals surface area (Å²) >= 11 is 5.84. The van der Waals surface area contributed by atoms with Gasteiger partial charge in [-0.15, -0.1) is 0 Å². The highest BCUT2D eigenvalue weighted by atomic mass is 35.5. The minimum absolute atomic E-state index is 0.117. The number of sulfonamides is 1. The van der Waals surface area contributed by atoms with E-state index in [-0.39, 0.29) is 30.1 Å². The third kappa shape index (κ3) is 8.14. The highest BCUT2D eigenvalue weighted by Gasteiger charge is 2.21. The summed E-state index contributed by atoms with van der Waals surface area (Å²) in [5.41, 5.74) is 0.417. The maximum atomic E-state index is 12.8. The van der Waals surface area contributed by atoms with Crippen LogP contribution in [0, 0.1) is 0 Å². The van der Waals surface area contributed by atoms with Gasteiger partial charge in [-0.3, -0.25) is 9.10 Å². The van der Waals surface area contributed by atoms with Crippen LogP contribution in [0.25, 0.3) is 0 Å². The quantitative estimate of drug-likeness (QED) is 0.492. The van der Waals surface area contributed by atoms with Crippen molar-refractivity contribution >= 4 is 39.2 Å². The third-order valence-electron chi connectivity index (χ3n) is 5.86. The molecule has 1 fully saturated rings. The first kappa shape index (κ1) is 26.8. The van der Waals surface area contributed by atoms with E-state index in [1.165, 1.54) is 50.6 Å². The van der Waals surface area contributed by atoms with Gasteiger partial charge >= 0.3 is 5.97 Å². The van der Waals surface area contributed by atoms with Crippen LogP contribution < -0.4 is 14.4 Å². The highest BCUT2D eigenvalue weighted by Crippen LogP contribution is 2.25. The number of carbonyl (C=O) groups is 2. The zero-order valence-electron chi connectivity index (χ0n) is 19.7. The number of carbonyl (C=O) groups excluding carboxylic acids is 2. The predicted octanol–water partition coefficient (Wildman–Crippen LogP) is 4.32. The molecule has 1 N–H and O–H groups in total. The smallest absolute Gasteiger partial charge is 0.344 e. The molecule has 10 heteroatoms. The van der Waals surface area contributed by atoms with Crippen molar-refractivity contribution < 1.29 is 27.5 Å². The molecular formula is C25H31ClN2O6S. The number of hydrogen-bond acceptors (Lipinski definition) is 6. The van der Waals surface area contributed by atoms with Crippen LogP contribution in [-0.2, 0) is 24.3 Å². The number of halogens is 1. The van der Waals surface area contributed by atoms with Gasteiger partial charge in [0.15, 0.2) is 13.2 Å². The fraction of sp³-hybridized carbons (Fsp3) is 0.440. The van der Waals surface area contributed by atoms with E-state index >= 15 is 0 Å². The Morgan fingerprint density at radius 1 is 0.943 bits per heavy atom. The van der Waals surface area contributed by atoms with E-state index in [2.05, 4.69) is 5.32 Å². The van der Waals surface area contributed by atoms with Crippen molar-refractivity contribution in [3.05, 3.63) is 53.6 Å². The van der Waals surface area contributed by atoms with Crippen LogP contribution in [0.4, 0.5) is 5.69 Å². The third-order valence-corrected chi connectivity index (χ3v) is 7.92. The van der Waals surface area contributed by atoms with Crippen LogP contribution in [0.5, 0.6) is 5.75 Å². The van der Waals surface area contributed by atoms with E-state index in [0.717, 1.165) is 30.0 Å². The molecule has 0 aromatic heterocycles. The summed E-state index contributed by atoms with van der Waals surface area (Å²) < 4.78 is 37.1. The molecule has 0 atom stereocenters. The van der Waals surface area contributed by atoms with Gasteiger partial charge in [0, 0.05) is 18.1 Å². The molecule has 0 spiro atoms. The topological polar surface area (TPSA) is 102 Å². The van der Waals surface area contributed by atoms with Gasteiger partial charge in [-0.1, -0.05) is 43.7 Å². The van der Waals surface area contributed by atoms with E-state index in [4.69, 9.17) is 21.1 Å². The average molecular weight is 523 g/mol. The number of nitrogens with one attached hydrogen (secondary N) is 1. The number of rotatable bonds is 9. The molecule has 2 aromatic carbocycles. The molecule has 1 aliphatic carbocycles. The van der Waals surface area contributed by atoms with Gasteiger partial charge in [0.2, 0.25) is 0 Å². The maximum Gasteiger partial charge on any atom is 0.344 e. The molecule has 0 aliphatic heterocycles. The first-order valence-corrected chi connectivity index (χ1v) is 13.5. The summed E-state index contributed by atoms with van der Waals surface area (Å²) in [6, 6.07) is 12.3. The molecule has 35 heavy (non-hydrogen) atoms.